The number of hydrogen-bond donors (Lipinski definition) is 0. The Morgan fingerprint density at radius 1 is 0.231 bits per heavy atom. The van der Waals surface area contributed by atoms with Gasteiger partial charge in [-0.25, -0.2) is 19.1 Å². The summed E-state index contributed by atoms with van der Waals surface area (Å²) in [5, 5.41) is 12.2. The van der Waals surface area contributed by atoms with Crippen molar-refractivity contribution in [3.63, 3.8) is 0 Å². The van der Waals surface area contributed by atoms with Crippen molar-refractivity contribution in [2.24, 2.45) is 87.2 Å². The molecule has 18 heteroatoms. The fourth-order valence-electron chi connectivity index (χ4n) is 6.43. The molecule has 0 N–H and O–H groups in total. The monoisotopic (exact) mass is 1640 g/mol. The van der Waals surface area contributed by atoms with E-state index in [-0.39, 0.29) is 71.4 Å². The molecular weight excluding hydrogens is 1450 g/mol. The molecular formula is C99H184N12O6. The lowest BCUT2D eigenvalue weighted by Gasteiger charge is -2.19. The summed E-state index contributed by atoms with van der Waals surface area (Å²) in [4.78, 5) is 74.3. The highest BCUT2D eigenvalue weighted by atomic mass is 16.2. The van der Waals surface area contributed by atoms with Gasteiger partial charge < -0.3 is 18.3 Å². The molecule has 7 aromatic rings. The summed E-state index contributed by atoms with van der Waals surface area (Å²) >= 11 is 0. The van der Waals surface area contributed by atoms with Crippen LogP contribution in [0.25, 0.3) is 0 Å². The van der Waals surface area contributed by atoms with Crippen molar-refractivity contribution >= 4 is 0 Å². The molecule has 0 aliphatic rings. The maximum atomic E-state index is 11.2. The molecule has 7 heterocycles. The minimum Gasteiger partial charge on any atom is -0.319 e. The first-order valence-corrected chi connectivity index (χ1v) is 41.4. The van der Waals surface area contributed by atoms with E-state index in [2.05, 4.69) is 371 Å². The molecule has 0 saturated heterocycles. The highest BCUT2D eigenvalue weighted by Crippen LogP contribution is 2.25. The molecule has 0 aliphatic carbocycles. The number of pyridine rings is 2. The second-order valence-electron chi connectivity index (χ2n) is 48.7. The van der Waals surface area contributed by atoms with Gasteiger partial charge in [0.05, 0.1) is 30.0 Å². The van der Waals surface area contributed by atoms with Gasteiger partial charge in [0.1, 0.15) is 0 Å². The molecule has 0 aromatic carbocycles. The van der Waals surface area contributed by atoms with Crippen molar-refractivity contribution in [1.29, 1.82) is 0 Å². The quantitative estimate of drug-likeness (QED) is 0.140. The Kier molecular flexibility index (Phi) is 53.2. The van der Waals surface area contributed by atoms with E-state index in [0.29, 0.717) is 37.9 Å². The van der Waals surface area contributed by atoms with Crippen molar-refractivity contribution in [2.45, 2.75) is 377 Å². The summed E-state index contributed by atoms with van der Waals surface area (Å²) in [6.07, 6.45) is 16.0. The van der Waals surface area contributed by atoms with Crippen LogP contribution in [0.15, 0.2) is 127 Å². The standard InChI is InChI=1S/2C10H15NO.4C9H14N2O.C8H14N2.7C5H12/c1-10(2,3)8-5-6-11(4)9(12)7-8;1-10(2,3)8-5-6-9(12)11(4)7-8;1-9(2,3)7-6-11(4)8(12)5-10-7;1-9(2,3)7-5-10-8(12)11(4)6-7;1-9(2,3)7-5-8(12)11(4)10-6-7;1-9(2,3)7-5-6-8(12)11(4)10-7;1-8(2,3)7-5-9-10(4)6-7;7*1-5(2,3)4/h2*5-7H,1-4H3;4*5-6H,1-4H3;5-6H,1-4H3;7*1-4H3. The summed E-state index contributed by atoms with van der Waals surface area (Å²) < 4.78 is 10.8. The third kappa shape index (κ3) is 83.5. The van der Waals surface area contributed by atoms with E-state index < -0.39 is 0 Å². The molecule has 0 bridgehead atoms. The van der Waals surface area contributed by atoms with E-state index >= 15 is 0 Å². The second-order valence-corrected chi connectivity index (χ2v) is 48.7. The van der Waals surface area contributed by atoms with Gasteiger partial charge in [0.15, 0.2) is 0 Å². The zero-order chi connectivity index (χ0) is 95.4. The summed E-state index contributed by atoms with van der Waals surface area (Å²) in [6.45, 7) is 105. The zero-order valence-electron chi connectivity index (χ0n) is 86.6. The average Bonchev–Trinajstić information content (AvgIpc) is 1.77. The van der Waals surface area contributed by atoms with Gasteiger partial charge in [-0.1, -0.05) is 345 Å². The predicted octanol–water partition coefficient (Wildman–Crippen LogP) is 23.8. The van der Waals surface area contributed by atoms with Gasteiger partial charge in [0.25, 0.3) is 22.2 Å². The van der Waals surface area contributed by atoms with Crippen molar-refractivity contribution in [2.75, 3.05) is 0 Å². The van der Waals surface area contributed by atoms with Crippen molar-refractivity contribution in [3.05, 3.63) is 200 Å². The largest absolute Gasteiger partial charge is 0.347 e. The number of aromatic nitrogens is 12. The second kappa shape index (κ2) is 50.6. The minimum atomic E-state index is -0.206. The Hall–Kier alpha value is -7.37. The molecule has 0 aliphatic heterocycles. The predicted molar refractivity (Wildman–Crippen MR) is 511 cm³/mol. The van der Waals surface area contributed by atoms with Gasteiger partial charge in [0, 0.05) is 122 Å². The van der Waals surface area contributed by atoms with Crippen molar-refractivity contribution in [3.8, 4) is 0 Å². The van der Waals surface area contributed by atoms with Crippen molar-refractivity contribution < 1.29 is 0 Å². The molecule has 0 radical (unpaired) electrons. The van der Waals surface area contributed by atoms with Crippen LogP contribution in [0.4, 0.5) is 0 Å². The first-order valence-electron chi connectivity index (χ1n) is 41.4. The zero-order valence-corrected chi connectivity index (χ0v) is 86.6. The molecule has 18 nitrogen and oxygen atoms in total. The fourth-order valence-corrected chi connectivity index (χ4v) is 6.43. The lowest BCUT2D eigenvalue weighted by atomic mass is 9.88. The molecule has 676 valence electrons. The lowest BCUT2D eigenvalue weighted by molar-refractivity contribution is 0.469. The lowest BCUT2D eigenvalue weighted by Crippen LogP contribution is -2.24. The maximum Gasteiger partial charge on any atom is 0.347 e. The van der Waals surface area contributed by atoms with Gasteiger partial charge in [-0.15, -0.1) is 0 Å². The number of hydrogen-bond acceptors (Lipinski definition) is 11. The van der Waals surface area contributed by atoms with Crippen LogP contribution in [0.1, 0.15) is 378 Å². The van der Waals surface area contributed by atoms with Gasteiger partial charge >= 0.3 is 5.69 Å². The van der Waals surface area contributed by atoms with Gasteiger partial charge in [-0.3, -0.25) is 33.6 Å². The van der Waals surface area contributed by atoms with Crippen LogP contribution in [0.5, 0.6) is 0 Å². The maximum absolute atomic E-state index is 11.2. The van der Waals surface area contributed by atoms with Crippen LogP contribution >= 0.6 is 0 Å². The van der Waals surface area contributed by atoms with Crippen LogP contribution in [-0.4, -0.2) is 57.6 Å². The van der Waals surface area contributed by atoms with Gasteiger partial charge in [-0.2, -0.15) is 15.3 Å². The smallest absolute Gasteiger partial charge is 0.319 e. The minimum absolute atomic E-state index is 0.000417. The molecule has 7 aromatic heterocycles. The third-order valence-electron chi connectivity index (χ3n) is 12.6. The molecule has 0 atom stereocenters. The number of aryl methyl sites for hydroxylation is 7. The SMILES string of the molecule is CC(C)(C)C.CC(C)(C)C.CC(C)(C)C.CC(C)(C)C.CC(C)(C)C.CC(C)(C)C.CC(C)(C)C.Cn1cc(C(C)(C)C)ccc1=O.Cn1cc(C(C)(C)C)cn1.Cn1cc(C(C)(C)C)cnc1=O.Cn1cc(C(C)(C)C)ncc1=O.Cn1ccc(C(C)(C)C)cc1=O.Cn1nc(C(C)(C)C)ccc1=O.Cn1ncc(C(C)(C)C)cc1=O. The van der Waals surface area contributed by atoms with Crippen LogP contribution in [0, 0.1) is 37.9 Å². The molecule has 0 amide bonds. The fraction of sp³-hybridized carbons (Fsp3) is 0.707. The Morgan fingerprint density at radius 3 is 0.821 bits per heavy atom. The van der Waals surface area contributed by atoms with Crippen LogP contribution in [-0.2, 0) is 87.2 Å². The number of nitrogens with zero attached hydrogens (tertiary/aromatic N) is 12. The molecule has 0 fully saturated rings. The van der Waals surface area contributed by atoms with Crippen LogP contribution in [0.3, 0.4) is 0 Å². The van der Waals surface area contributed by atoms with Crippen molar-refractivity contribution in [1.82, 2.24) is 57.6 Å². The van der Waals surface area contributed by atoms with E-state index in [1.54, 1.807) is 105 Å². The normalized spacial score (nSPS) is 11.8. The molecule has 0 spiro atoms. The highest BCUT2D eigenvalue weighted by molar-refractivity contribution is 5.21. The van der Waals surface area contributed by atoms with Gasteiger partial charge in [0.2, 0.25) is 5.56 Å². The van der Waals surface area contributed by atoms with Gasteiger partial charge in [-0.05, 0) is 105 Å². The van der Waals surface area contributed by atoms with E-state index in [1.807, 2.05) is 48.6 Å². The Morgan fingerprint density at radius 2 is 0.547 bits per heavy atom. The third-order valence-corrected chi connectivity index (χ3v) is 12.6. The topological polar surface area (TPSA) is 201 Å². The van der Waals surface area contributed by atoms with Crippen LogP contribution in [0.2, 0.25) is 0 Å². The van der Waals surface area contributed by atoms with E-state index in [9.17, 15) is 28.8 Å². The molecule has 117 heavy (non-hydrogen) atoms. The Balaban J connectivity index is -0.000000226. The highest BCUT2D eigenvalue weighted by Gasteiger charge is 2.20. The summed E-state index contributed by atoms with van der Waals surface area (Å²) in [6, 6.07) is 12.1. The average molecular weight is 1640 g/mol. The van der Waals surface area contributed by atoms with E-state index in [1.165, 1.54) is 31.3 Å². The molecule has 0 saturated carbocycles. The Bertz CT molecular complexity index is 3750. The molecule has 0 unspecified atom stereocenters. The first-order chi connectivity index (χ1) is 51.0. The number of rotatable bonds is 0. The first kappa shape index (κ1) is 123. The summed E-state index contributed by atoms with van der Waals surface area (Å²) in [5.41, 5.74) is 11.2. The van der Waals surface area contributed by atoms with E-state index in [4.69, 9.17) is 0 Å². The van der Waals surface area contributed by atoms with Crippen LogP contribution < -0.4 is 33.5 Å². The van der Waals surface area contributed by atoms with E-state index in [0.717, 1.165) is 28.1 Å². The summed E-state index contributed by atoms with van der Waals surface area (Å²) in [7, 11) is 12.2. The summed E-state index contributed by atoms with van der Waals surface area (Å²) in [5.74, 6) is 0. The Labute approximate surface area is 717 Å². The molecule has 7 rings (SSSR count).